The van der Waals surface area contributed by atoms with Crippen LogP contribution in [0.2, 0.25) is 0 Å². The molecule has 1 aliphatic rings. The first-order valence-electron chi connectivity index (χ1n) is 15.5. The van der Waals surface area contributed by atoms with Gasteiger partial charge < -0.3 is 19.3 Å². The summed E-state index contributed by atoms with van der Waals surface area (Å²) in [6.07, 6.45) is -1.23. The minimum atomic E-state index is -2.24. The lowest BCUT2D eigenvalue weighted by molar-refractivity contribution is -0.166. The van der Waals surface area contributed by atoms with Crippen molar-refractivity contribution in [2.24, 2.45) is 0 Å². The van der Waals surface area contributed by atoms with Crippen LogP contribution in [-0.2, 0) is 41.1 Å². The zero-order valence-electron chi connectivity index (χ0n) is 27.6. The van der Waals surface area contributed by atoms with E-state index in [1.54, 1.807) is 26.0 Å². The quantitative estimate of drug-likeness (QED) is 0.153. The minimum absolute atomic E-state index is 0.0108. The number of nitrogens with one attached hydrogen (secondary N) is 1. The predicted molar refractivity (Wildman–Crippen MR) is 173 cm³/mol. The third-order valence-electron chi connectivity index (χ3n) is 8.16. The molecule has 0 unspecified atom stereocenters. The molecule has 0 saturated heterocycles. The number of hydrogen-bond donors (Lipinski definition) is 2. The molecule has 8 nitrogen and oxygen atoms in total. The van der Waals surface area contributed by atoms with Crippen LogP contribution in [0.1, 0.15) is 89.1 Å². The van der Waals surface area contributed by atoms with E-state index in [2.05, 4.69) is 5.32 Å². The number of alkyl carbamates (subject to hydrolysis) is 1. The number of phenols is 1. The van der Waals surface area contributed by atoms with E-state index >= 15 is 0 Å². The zero-order chi connectivity index (χ0) is 33.2. The topological polar surface area (TPSA) is 111 Å². The first-order chi connectivity index (χ1) is 21.1. The van der Waals surface area contributed by atoms with E-state index in [0.717, 1.165) is 22.3 Å². The van der Waals surface area contributed by atoms with Gasteiger partial charge in [-0.2, -0.15) is 0 Å². The molecule has 8 heteroatoms. The smallest absolute Gasteiger partial charge is 0.408 e. The van der Waals surface area contributed by atoms with Crippen LogP contribution >= 0.6 is 0 Å². The summed E-state index contributed by atoms with van der Waals surface area (Å²) >= 11 is 0. The zero-order valence-corrected chi connectivity index (χ0v) is 27.6. The predicted octanol–water partition coefficient (Wildman–Crippen LogP) is 6.93. The number of esters is 2. The second kappa shape index (κ2) is 13.0. The Morgan fingerprint density at radius 2 is 1.18 bits per heavy atom. The van der Waals surface area contributed by atoms with Crippen LogP contribution in [-0.4, -0.2) is 48.5 Å². The highest BCUT2D eigenvalue weighted by atomic mass is 16.6. The van der Waals surface area contributed by atoms with Crippen molar-refractivity contribution in [3.8, 4) is 16.9 Å². The van der Waals surface area contributed by atoms with E-state index in [1.807, 2.05) is 90.1 Å². The van der Waals surface area contributed by atoms with Crippen LogP contribution in [0.3, 0.4) is 0 Å². The molecule has 1 aliphatic carbocycles. The number of phenolic OH excluding ortho intramolecular Hbond substituents is 1. The molecule has 0 aliphatic heterocycles. The van der Waals surface area contributed by atoms with E-state index in [4.69, 9.17) is 14.2 Å². The number of rotatable bonds is 9. The number of amides is 1. The molecular formula is C37H45NO7. The summed E-state index contributed by atoms with van der Waals surface area (Å²) in [5, 5.41) is 13.8. The summed E-state index contributed by atoms with van der Waals surface area (Å²) in [6.45, 7) is 15.0. The SMILES string of the molecule is CCOC(=O)C(Cc1cc(C(C)(C)C)c(O)c(C(C)(C)C)c1)(NC(=O)OCC1c2ccccc2-c2ccccc21)C(=O)OCC. The minimum Gasteiger partial charge on any atom is -0.507 e. The van der Waals surface area contributed by atoms with Gasteiger partial charge in [-0.05, 0) is 63.6 Å². The van der Waals surface area contributed by atoms with Crippen molar-refractivity contribution in [2.75, 3.05) is 19.8 Å². The summed E-state index contributed by atoms with van der Waals surface area (Å²) in [6, 6.07) is 19.4. The first kappa shape index (κ1) is 33.6. The van der Waals surface area contributed by atoms with Crippen LogP contribution in [0.15, 0.2) is 60.7 Å². The lowest BCUT2D eigenvalue weighted by Gasteiger charge is -2.32. The Balaban J connectivity index is 1.73. The lowest BCUT2D eigenvalue weighted by atomic mass is 9.77. The largest absolute Gasteiger partial charge is 0.507 e. The summed E-state index contributed by atoms with van der Waals surface area (Å²) in [7, 11) is 0. The molecule has 3 aromatic rings. The van der Waals surface area contributed by atoms with Gasteiger partial charge in [0.25, 0.3) is 0 Å². The average molecular weight is 616 g/mol. The lowest BCUT2D eigenvalue weighted by Crippen LogP contribution is -2.63. The Labute approximate surface area is 266 Å². The Morgan fingerprint density at radius 3 is 1.60 bits per heavy atom. The molecule has 0 radical (unpaired) electrons. The summed E-state index contributed by atoms with van der Waals surface area (Å²) in [4.78, 5) is 41.0. The van der Waals surface area contributed by atoms with Crippen LogP contribution in [0.5, 0.6) is 5.75 Å². The third kappa shape index (κ3) is 6.85. The van der Waals surface area contributed by atoms with Crippen molar-refractivity contribution in [2.45, 2.75) is 84.1 Å². The number of carbonyl (C=O) groups is 3. The van der Waals surface area contributed by atoms with Crippen molar-refractivity contribution in [1.82, 2.24) is 5.32 Å². The van der Waals surface area contributed by atoms with Gasteiger partial charge in [0.15, 0.2) is 0 Å². The first-order valence-corrected chi connectivity index (χ1v) is 15.5. The molecule has 2 N–H and O–H groups in total. The van der Waals surface area contributed by atoms with Crippen LogP contribution in [0, 0.1) is 0 Å². The van der Waals surface area contributed by atoms with Gasteiger partial charge in [-0.1, -0.05) is 102 Å². The maximum Gasteiger partial charge on any atom is 0.408 e. The third-order valence-corrected chi connectivity index (χ3v) is 8.16. The van der Waals surface area contributed by atoms with E-state index in [-0.39, 0.29) is 37.9 Å². The van der Waals surface area contributed by atoms with Crippen LogP contribution < -0.4 is 5.32 Å². The Kier molecular flexibility index (Phi) is 9.66. The molecule has 1 amide bonds. The fourth-order valence-electron chi connectivity index (χ4n) is 5.94. The highest BCUT2D eigenvalue weighted by Crippen LogP contribution is 2.45. The average Bonchev–Trinajstić information content (AvgIpc) is 3.29. The molecule has 0 bridgehead atoms. The van der Waals surface area contributed by atoms with Crippen molar-refractivity contribution >= 4 is 18.0 Å². The standard InChI is InChI=1S/C37H45NO7/c1-9-43-32(40)37(33(41)44-10-2,21-23-19-29(35(3,4)5)31(39)30(20-23)36(6,7)8)38-34(42)45-22-28-26-17-13-11-15-24(26)25-16-12-14-18-27(25)28/h11-20,28,39H,9-10,21-22H2,1-8H3,(H,38,42). The molecule has 4 rings (SSSR count). The number of hydrogen-bond acceptors (Lipinski definition) is 7. The van der Waals surface area contributed by atoms with Gasteiger partial charge in [-0.25, -0.2) is 14.4 Å². The maximum atomic E-state index is 13.7. The molecule has 0 spiro atoms. The van der Waals surface area contributed by atoms with Crippen molar-refractivity contribution in [3.05, 3.63) is 88.5 Å². The van der Waals surface area contributed by atoms with E-state index in [1.165, 1.54) is 0 Å². The number of fused-ring (bicyclic) bond motifs is 3. The molecule has 0 heterocycles. The van der Waals surface area contributed by atoms with Gasteiger partial charge in [-0.3, -0.25) is 5.32 Å². The highest BCUT2D eigenvalue weighted by molar-refractivity contribution is 6.07. The molecule has 0 saturated carbocycles. The van der Waals surface area contributed by atoms with Gasteiger partial charge in [0, 0.05) is 12.3 Å². The number of carbonyl (C=O) groups excluding carboxylic acids is 3. The molecule has 3 aromatic carbocycles. The molecule has 240 valence electrons. The number of benzene rings is 3. The normalized spacial score (nSPS) is 13.1. The summed E-state index contributed by atoms with van der Waals surface area (Å²) in [5.74, 6) is -1.98. The van der Waals surface area contributed by atoms with E-state index in [0.29, 0.717) is 16.7 Å². The van der Waals surface area contributed by atoms with Crippen molar-refractivity contribution in [3.63, 3.8) is 0 Å². The second-order valence-electron chi connectivity index (χ2n) is 13.5. The molecule has 0 aromatic heterocycles. The Hall–Kier alpha value is -4.33. The summed E-state index contributed by atoms with van der Waals surface area (Å²) in [5.41, 5.74) is 2.88. The molecule has 0 atom stereocenters. The fraction of sp³-hybridized carbons (Fsp3) is 0.432. The van der Waals surface area contributed by atoms with E-state index < -0.39 is 34.4 Å². The maximum absolute atomic E-state index is 13.7. The van der Waals surface area contributed by atoms with Gasteiger partial charge in [-0.15, -0.1) is 0 Å². The van der Waals surface area contributed by atoms with Gasteiger partial charge >= 0.3 is 18.0 Å². The molecular weight excluding hydrogens is 570 g/mol. The van der Waals surface area contributed by atoms with Gasteiger partial charge in [0.1, 0.15) is 12.4 Å². The van der Waals surface area contributed by atoms with E-state index in [9.17, 15) is 19.5 Å². The Bertz CT molecular complexity index is 1480. The highest BCUT2D eigenvalue weighted by Gasteiger charge is 2.51. The van der Waals surface area contributed by atoms with Crippen LogP contribution in [0.25, 0.3) is 11.1 Å². The fourth-order valence-corrected chi connectivity index (χ4v) is 5.94. The monoisotopic (exact) mass is 615 g/mol. The molecule has 45 heavy (non-hydrogen) atoms. The second-order valence-corrected chi connectivity index (χ2v) is 13.5. The van der Waals surface area contributed by atoms with Crippen molar-refractivity contribution < 1.29 is 33.7 Å². The van der Waals surface area contributed by atoms with Crippen molar-refractivity contribution in [1.29, 1.82) is 0 Å². The molecule has 0 fully saturated rings. The number of aromatic hydroxyl groups is 1. The van der Waals surface area contributed by atoms with Crippen LogP contribution in [0.4, 0.5) is 4.79 Å². The van der Waals surface area contributed by atoms with Gasteiger partial charge in [0.2, 0.25) is 5.54 Å². The number of ether oxygens (including phenoxy) is 3. The summed E-state index contributed by atoms with van der Waals surface area (Å²) < 4.78 is 16.5. The van der Waals surface area contributed by atoms with Gasteiger partial charge in [0.05, 0.1) is 13.2 Å². The Morgan fingerprint density at radius 1 is 0.733 bits per heavy atom.